The van der Waals surface area contributed by atoms with Gasteiger partial charge in [-0.15, -0.1) is 0 Å². The molecule has 2 aromatic carbocycles. The monoisotopic (exact) mass is 601 g/mol. The van der Waals surface area contributed by atoms with Crippen LogP contribution in [0.2, 0.25) is 0 Å². The molecular formula is C34H39N3O7. The second kappa shape index (κ2) is 11.1. The van der Waals surface area contributed by atoms with E-state index in [2.05, 4.69) is 29.6 Å². The molecule has 0 spiro atoms. The van der Waals surface area contributed by atoms with Gasteiger partial charge in [-0.3, -0.25) is 19.3 Å². The number of Topliss-reactive ketones (excluding diaryl/α,β-unsaturated/α-hetero) is 2. The van der Waals surface area contributed by atoms with Crippen molar-refractivity contribution < 1.29 is 34.8 Å². The van der Waals surface area contributed by atoms with Crippen LogP contribution >= 0.6 is 0 Å². The van der Waals surface area contributed by atoms with Gasteiger partial charge in [0.2, 0.25) is 5.78 Å². The number of carbonyl (C=O) groups is 3. The number of rotatable bonds is 6. The van der Waals surface area contributed by atoms with Crippen LogP contribution in [0.15, 0.2) is 65.1 Å². The fraction of sp³-hybridized carbons (Fsp3) is 0.441. The van der Waals surface area contributed by atoms with Crippen molar-refractivity contribution >= 4 is 23.2 Å². The number of likely N-dealkylation sites (N-methyl/N-ethyl adjacent to an activating group) is 1. The number of carbonyl (C=O) groups excluding carboxylic acids is 3. The number of anilines is 1. The van der Waals surface area contributed by atoms with Crippen LogP contribution in [0.25, 0.3) is 0 Å². The summed E-state index contributed by atoms with van der Waals surface area (Å²) in [6.45, 7) is 0. The molecular weight excluding hydrogens is 562 g/mol. The maximum absolute atomic E-state index is 14.0. The predicted molar refractivity (Wildman–Crippen MR) is 163 cm³/mol. The van der Waals surface area contributed by atoms with Gasteiger partial charge in [-0.25, -0.2) is 0 Å². The number of amides is 1. The number of aliphatic hydroxyl groups excluding tert-OH is 2. The molecule has 0 bridgehead atoms. The van der Waals surface area contributed by atoms with E-state index in [9.17, 15) is 34.8 Å². The molecule has 10 heteroatoms. The van der Waals surface area contributed by atoms with Crippen LogP contribution < -0.4 is 11.1 Å². The van der Waals surface area contributed by atoms with Crippen molar-refractivity contribution in [1.82, 2.24) is 4.90 Å². The summed E-state index contributed by atoms with van der Waals surface area (Å²) >= 11 is 0. The van der Waals surface area contributed by atoms with E-state index in [1.54, 1.807) is 26.2 Å². The molecule has 0 radical (unpaired) electrons. The number of hydrogen-bond donors (Lipinski definition) is 6. The average Bonchev–Trinajstić information content (AvgIpc) is 2.97. The van der Waals surface area contributed by atoms with Crippen molar-refractivity contribution in [3.05, 3.63) is 81.8 Å². The van der Waals surface area contributed by atoms with Gasteiger partial charge in [-0.05, 0) is 88.1 Å². The predicted octanol–water partition coefficient (Wildman–Crippen LogP) is 3.33. The molecule has 232 valence electrons. The first-order valence-electron chi connectivity index (χ1n) is 15.2. The maximum Gasteiger partial charge on any atom is 0.255 e. The molecule has 0 saturated heterocycles. The molecule has 6 rings (SSSR count). The smallest absolute Gasteiger partial charge is 0.255 e. The van der Waals surface area contributed by atoms with Gasteiger partial charge in [0.25, 0.3) is 5.91 Å². The van der Waals surface area contributed by atoms with E-state index in [0.29, 0.717) is 17.2 Å². The van der Waals surface area contributed by atoms with Crippen LogP contribution in [-0.4, -0.2) is 74.6 Å². The highest BCUT2D eigenvalue weighted by Gasteiger charge is 2.63. The van der Waals surface area contributed by atoms with E-state index in [-0.39, 0.29) is 35.8 Å². The highest BCUT2D eigenvalue weighted by Crippen LogP contribution is 2.52. The Morgan fingerprint density at radius 3 is 2.34 bits per heavy atom. The summed E-state index contributed by atoms with van der Waals surface area (Å²) in [7, 11) is 3.21. The highest BCUT2D eigenvalue weighted by molar-refractivity contribution is 6.24. The van der Waals surface area contributed by atoms with Gasteiger partial charge in [0.15, 0.2) is 11.4 Å². The van der Waals surface area contributed by atoms with Gasteiger partial charge >= 0.3 is 0 Å². The van der Waals surface area contributed by atoms with Crippen molar-refractivity contribution in [2.75, 3.05) is 19.4 Å². The molecule has 4 atom stereocenters. The lowest BCUT2D eigenvalue weighted by atomic mass is 9.58. The average molecular weight is 602 g/mol. The zero-order valence-electron chi connectivity index (χ0n) is 24.9. The Hall–Kier alpha value is -4.15. The van der Waals surface area contributed by atoms with Crippen molar-refractivity contribution in [2.45, 2.75) is 62.6 Å². The first-order chi connectivity index (χ1) is 20.9. The fourth-order valence-electron chi connectivity index (χ4n) is 8.02. The van der Waals surface area contributed by atoms with Gasteiger partial charge in [0, 0.05) is 17.5 Å². The minimum atomic E-state index is -2.64. The molecule has 1 fully saturated rings. The summed E-state index contributed by atoms with van der Waals surface area (Å²) in [4.78, 5) is 41.1. The summed E-state index contributed by atoms with van der Waals surface area (Å²) in [5, 5.41) is 48.9. The summed E-state index contributed by atoms with van der Waals surface area (Å²) in [6, 6.07) is 13.1. The number of phenols is 1. The van der Waals surface area contributed by atoms with Gasteiger partial charge in [-0.1, -0.05) is 36.4 Å². The number of nitrogens with one attached hydrogen (secondary N) is 1. The first-order valence-corrected chi connectivity index (χ1v) is 15.2. The zero-order valence-corrected chi connectivity index (χ0v) is 24.9. The lowest BCUT2D eigenvalue weighted by Crippen LogP contribution is -2.63. The van der Waals surface area contributed by atoms with Crippen LogP contribution in [-0.2, 0) is 22.4 Å². The first kappa shape index (κ1) is 29.9. The van der Waals surface area contributed by atoms with Crippen LogP contribution in [0.4, 0.5) is 5.69 Å². The molecule has 1 amide bonds. The van der Waals surface area contributed by atoms with Gasteiger partial charge in [0.1, 0.15) is 22.8 Å². The molecule has 10 nitrogen and oxygen atoms in total. The number of allylic oxidation sites excluding steroid dienone is 1. The zero-order chi connectivity index (χ0) is 31.5. The van der Waals surface area contributed by atoms with Crippen molar-refractivity contribution in [3.8, 4) is 5.75 Å². The molecule has 2 aromatic rings. The normalized spacial score (nSPS) is 30.1. The van der Waals surface area contributed by atoms with E-state index in [4.69, 9.17) is 5.73 Å². The standard InChI is InChI=1S/C34H39N3O7/c1-37(2)27-22-16-20-15-19-10-13-23(36-21-11-8-18(9-12-21)14-17-6-4-3-5-7-17)28(38)24(19)29(39)25(20)31(41)34(22,44)32(42)26(30(27)40)33(35)43/h3-7,10,13,18,20-22,27,36,38,40-41,44H,8-9,11-12,14-16H2,1-2H3,(H2,35,43)/t18?,20-,21?,22-,27+,34-/m0/s1. The van der Waals surface area contributed by atoms with Crippen molar-refractivity contribution in [2.24, 2.45) is 23.5 Å². The second-order valence-corrected chi connectivity index (χ2v) is 13.0. The Balaban J connectivity index is 1.27. The molecule has 0 unspecified atom stereocenters. The minimum Gasteiger partial charge on any atom is -0.510 e. The lowest BCUT2D eigenvalue weighted by molar-refractivity contribution is -0.148. The minimum absolute atomic E-state index is 0.0218. The number of nitrogens with zero attached hydrogens (tertiary/aromatic N) is 1. The Labute approximate surface area is 255 Å². The topological polar surface area (TPSA) is 173 Å². The van der Waals surface area contributed by atoms with Crippen molar-refractivity contribution in [1.29, 1.82) is 0 Å². The largest absolute Gasteiger partial charge is 0.510 e. The lowest BCUT2D eigenvalue weighted by Gasteiger charge is -2.50. The summed E-state index contributed by atoms with van der Waals surface area (Å²) in [5.41, 5.74) is 4.15. The molecule has 1 saturated carbocycles. The van der Waals surface area contributed by atoms with Crippen LogP contribution in [0.3, 0.4) is 0 Å². The van der Waals surface area contributed by atoms with Gasteiger partial charge in [-0.2, -0.15) is 0 Å². The molecule has 44 heavy (non-hydrogen) atoms. The number of ketones is 2. The number of aliphatic hydroxyl groups is 3. The molecule has 0 heterocycles. The van der Waals surface area contributed by atoms with Crippen LogP contribution in [0.5, 0.6) is 5.75 Å². The Kier molecular flexibility index (Phi) is 7.53. The SMILES string of the molecule is CN(C)[C@H]1C(O)=C(C(N)=O)C(=O)[C@@]2(O)C(O)=C3C(=O)c4c(ccc(NC5CCC(Cc6ccccc6)CC5)c4O)C[C@H]3C[C@@H]12. The van der Waals surface area contributed by atoms with E-state index in [1.165, 1.54) is 10.5 Å². The Bertz CT molecular complexity index is 1590. The quantitative estimate of drug-likeness (QED) is 0.214. The molecule has 0 aromatic heterocycles. The van der Waals surface area contributed by atoms with Gasteiger partial charge < -0.3 is 31.5 Å². The maximum atomic E-state index is 14.0. The number of benzene rings is 2. The molecule has 4 aliphatic rings. The van der Waals surface area contributed by atoms with E-state index in [1.807, 2.05) is 6.07 Å². The van der Waals surface area contributed by atoms with Crippen molar-refractivity contribution in [3.63, 3.8) is 0 Å². The summed E-state index contributed by atoms with van der Waals surface area (Å²) in [6.07, 6.45) is 5.29. The number of hydrogen-bond acceptors (Lipinski definition) is 9. The number of fused-ring (bicyclic) bond motifs is 3. The summed E-state index contributed by atoms with van der Waals surface area (Å²) < 4.78 is 0. The molecule has 0 aliphatic heterocycles. The van der Waals surface area contributed by atoms with Crippen LogP contribution in [0.1, 0.15) is 53.6 Å². The van der Waals surface area contributed by atoms with Gasteiger partial charge in [0.05, 0.1) is 17.3 Å². The molecule has 4 aliphatic carbocycles. The second-order valence-electron chi connectivity index (χ2n) is 13.0. The fourth-order valence-corrected chi connectivity index (χ4v) is 8.02. The third-order valence-corrected chi connectivity index (χ3v) is 10.2. The number of phenolic OH excluding ortho intramolecular Hbond substituents is 1. The third-order valence-electron chi connectivity index (χ3n) is 10.2. The summed E-state index contributed by atoms with van der Waals surface area (Å²) in [5.74, 6) is -5.87. The number of aromatic hydroxyl groups is 1. The third kappa shape index (κ3) is 4.68. The molecule has 7 N–H and O–H groups in total. The Morgan fingerprint density at radius 1 is 1.02 bits per heavy atom. The number of primary amides is 1. The van der Waals surface area contributed by atoms with E-state index >= 15 is 0 Å². The van der Waals surface area contributed by atoms with Crippen LogP contribution in [0, 0.1) is 17.8 Å². The Morgan fingerprint density at radius 2 is 1.70 bits per heavy atom. The van der Waals surface area contributed by atoms with E-state index in [0.717, 1.165) is 32.1 Å². The highest BCUT2D eigenvalue weighted by atomic mass is 16.3. The van der Waals surface area contributed by atoms with E-state index < -0.39 is 58.0 Å². The number of nitrogens with two attached hydrogens (primary N) is 1.